The van der Waals surface area contributed by atoms with E-state index in [9.17, 15) is 4.79 Å². The quantitative estimate of drug-likeness (QED) is 0.643. The zero-order valence-electron chi connectivity index (χ0n) is 12.7. The number of thiocarbonyl (C=S) groups is 1. The fraction of sp³-hybridized carbons (Fsp3) is 0.333. The van der Waals surface area contributed by atoms with Crippen molar-refractivity contribution < 1.29 is 13.9 Å². The minimum Gasteiger partial charge on any atom is -0.467 e. The number of hydrogen-bond donors (Lipinski definition) is 2. The summed E-state index contributed by atoms with van der Waals surface area (Å²) >= 11 is 6.77. The van der Waals surface area contributed by atoms with E-state index >= 15 is 0 Å². The monoisotopic (exact) mass is 338 g/mol. The highest BCUT2D eigenvalue weighted by Gasteiger charge is 2.22. The van der Waals surface area contributed by atoms with E-state index in [2.05, 4.69) is 10.6 Å². The summed E-state index contributed by atoms with van der Waals surface area (Å²) in [5, 5.41) is 7.27. The largest absolute Gasteiger partial charge is 0.467 e. The van der Waals surface area contributed by atoms with Crippen molar-refractivity contribution in [1.82, 2.24) is 5.32 Å². The van der Waals surface area contributed by atoms with Gasteiger partial charge in [0, 0.05) is 4.88 Å². The Balaban J connectivity index is 2.11. The molecule has 0 aliphatic carbocycles. The molecule has 0 aromatic carbocycles. The Hall–Kier alpha value is -1.86. The van der Waals surface area contributed by atoms with Crippen LogP contribution in [0.4, 0.5) is 5.00 Å². The van der Waals surface area contributed by atoms with E-state index < -0.39 is 0 Å². The number of esters is 1. The van der Waals surface area contributed by atoms with E-state index in [0.717, 1.165) is 22.6 Å². The van der Waals surface area contributed by atoms with Gasteiger partial charge in [-0.25, -0.2) is 4.79 Å². The van der Waals surface area contributed by atoms with Gasteiger partial charge in [0.15, 0.2) is 5.11 Å². The molecule has 0 aliphatic heterocycles. The molecule has 7 heteroatoms. The predicted octanol–water partition coefficient (Wildman–Crippen LogP) is 3.49. The van der Waals surface area contributed by atoms with Crippen LogP contribution >= 0.6 is 23.6 Å². The van der Waals surface area contributed by atoms with Gasteiger partial charge >= 0.3 is 5.97 Å². The number of methoxy groups -OCH3 is 1. The third-order valence-corrected chi connectivity index (χ3v) is 4.49. The molecule has 0 bridgehead atoms. The van der Waals surface area contributed by atoms with Crippen LogP contribution in [0.15, 0.2) is 22.8 Å². The maximum Gasteiger partial charge on any atom is 0.341 e. The van der Waals surface area contributed by atoms with Crippen LogP contribution in [0.1, 0.15) is 33.5 Å². The molecule has 0 amide bonds. The van der Waals surface area contributed by atoms with Gasteiger partial charge in [-0.2, -0.15) is 0 Å². The molecule has 2 aromatic rings. The van der Waals surface area contributed by atoms with Crippen molar-refractivity contribution in [3.8, 4) is 0 Å². The molecule has 0 atom stereocenters. The van der Waals surface area contributed by atoms with Crippen LogP contribution in [0.3, 0.4) is 0 Å². The van der Waals surface area contributed by atoms with Gasteiger partial charge in [0.25, 0.3) is 0 Å². The number of anilines is 1. The first-order valence-electron chi connectivity index (χ1n) is 6.84. The Kier molecular flexibility index (Phi) is 5.57. The average Bonchev–Trinajstić information content (AvgIpc) is 3.11. The first kappa shape index (κ1) is 16.5. The molecule has 0 saturated heterocycles. The van der Waals surface area contributed by atoms with Crippen molar-refractivity contribution in [3.05, 3.63) is 40.2 Å². The fourth-order valence-electron chi connectivity index (χ4n) is 2.14. The summed E-state index contributed by atoms with van der Waals surface area (Å²) in [5.74, 6) is 0.437. The highest BCUT2D eigenvalue weighted by molar-refractivity contribution is 7.80. The van der Waals surface area contributed by atoms with Gasteiger partial charge < -0.3 is 19.8 Å². The molecule has 2 aromatic heterocycles. The molecule has 2 heterocycles. The lowest BCUT2D eigenvalue weighted by atomic mass is 10.1. The smallest absolute Gasteiger partial charge is 0.341 e. The van der Waals surface area contributed by atoms with Gasteiger partial charge in [-0.15, -0.1) is 11.3 Å². The van der Waals surface area contributed by atoms with Gasteiger partial charge in [0.1, 0.15) is 10.8 Å². The van der Waals surface area contributed by atoms with Crippen molar-refractivity contribution in [2.24, 2.45) is 0 Å². The molecular weight excluding hydrogens is 320 g/mol. The summed E-state index contributed by atoms with van der Waals surface area (Å²) in [7, 11) is 1.38. The molecule has 0 saturated carbocycles. The summed E-state index contributed by atoms with van der Waals surface area (Å²) in [5.41, 5.74) is 1.56. The van der Waals surface area contributed by atoms with E-state index in [4.69, 9.17) is 21.4 Å². The maximum atomic E-state index is 12.0. The fourth-order valence-corrected chi connectivity index (χ4v) is 3.51. The van der Waals surface area contributed by atoms with Crippen LogP contribution in [0, 0.1) is 6.92 Å². The van der Waals surface area contributed by atoms with Crippen molar-refractivity contribution in [1.29, 1.82) is 0 Å². The van der Waals surface area contributed by atoms with Gasteiger partial charge in [-0.05, 0) is 43.3 Å². The van der Waals surface area contributed by atoms with Crippen molar-refractivity contribution >= 4 is 39.6 Å². The van der Waals surface area contributed by atoms with Gasteiger partial charge in [-0.1, -0.05) is 6.92 Å². The number of nitrogens with one attached hydrogen (secondary N) is 2. The van der Waals surface area contributed by atoms with Crippen LogP contribution in [-0.4, -0.2) is 18.2 Å². The first-order valence-corrected chi connectivity index (χ1v) is 8.07. The Bertz CT molecular complexity index is 663. The first-order chi connectivity index (χ1) is 10.6. The third kappa shape index (κ3) is 3.66. The van der Waals surface area contributed by atoms with E-state index in [1.165, 1.54) is 18.4 Å². The van der Waals surface area contributed by atoms with E-state index in [-0.39, 0.29) is 5.97 Å². The van der Waals surface area contributed by atoms with Crippen LogP contribution < -0.4 is 10.6 Å². The minimum absolute atomic E-state index is 0.350. The van der Waals surface area contributed by atoms with E-state index in [0.29, 0.717) is 22.2 Å². The van der Waals surface area contributed by atoms with Crippen LogP contribution in [0.5, 0.6) is 0 Å². The number of carbonyl (C=O) groups excluding carboxylic acids is 1. The molecule has 0 spiro atoms. The summed E-state index contributed by atoms with van der Waals surface area (Å²) < 4.78 is 10.1. The van der Waals surface area contributed by atoms with Gasteiger partial charge in [0.2, 0.25) is 0 Å². The lowest BCUT2D eigenvalue weighted by Crippen LogP contribution is -2.28. The number of ether oxygens (including phenoxy) is 1. The molecule has 0 unspecified atom stereocenters. The second kappa shape index (κ2) is 7.42. The zero-order chi connectivity index (χ0) is 16.1. The summed E-state index contributed by atoms with van der Waals surface area (Å²) in [6, 6.07) is 3.68. The summed E-state index contributed by atoms with van der Waals surface area (Å²) in [4.78, 5) is 13.1. The number of hydrogen-bond acceptors (Lipinski definition) is 5. The van der Waals surface area contributed by atoms with Gasteiger partial charge in [-0.3, -0.25) is 0 Å². The molecule has 2 N–H and O–H groups in total. The molecule has 5 nitrogen and oxygen atoms in total. The second-order valence-corrected chi connectivity index (χ2v) is 6.21. The highest BCUT2D eigenvalue weighted by Crippen LogP contribution is 2.33. The normalized spacial score (nSPS) is 10.3. The van der Waals surface area contributed by atoms with E-state index in [1.807, 2.05) is 26.0 Å². The SMILES string of the molecule is CCc1c(C)sc(NC(=S)NCc2ccco2)c1C(=O)OC. The summed E-state index contributed by atoms with van der Waals surface area (Å²) in [6.07, 6.45) is 2.38. The molecule has 0 radical (unpaired) electrons. The summed E-state index contributed by atoms with van der Waals surface area (Å²) in [6.45, 7) is 4.48. The van der Waals surface area contributed by atoms with Crippen LogP contribution in [0.25, 0.3) is 0 Å². The topological polar surface area (TPSA) is 63.5 Å². The minimum atomic E-state index is -0.350. The maximum absolute atomic E-state index is 12.0. The third-order valence-electron chi connectivity index (χ3n) is 3.18. The second-order valence-electron chi connectivity index (χ2n) is 4.57. The van der Waals surface area contributed by atoms with Crippen LogP contribution in [0.2, 0.25) is 0 Å². The number of aryl methyl sites for hydroxylation is 1. The highest BCUT2D eigenvalue weighted by atomic mass is 32.1. The lowest BCUT2D eigenvalue weighted by molar-refractivity contribution is 0.0601. The van der Waals surface area contributed by atoms with Crippen molar-refractivity contribution in [2.45, 2.75) is 26.8 Å². The molecule has 0 fully saturated rings. The Morgan fingerprint density at radius 3 is 2.86 bits per heavy atom. The molecule has 118 valence electrons. The number of rotatable bonds is 5. The Labute approximate surface area is 138 Å². The van der Waals surface area contributed by atoms with E-state index in [1.54, 1.807) is 6.26 Å². The van der Waals surface area contributed by atoms with Crippen LogP contribution in [-0.2, 0) is 17.7 Å². The number of carbonyl (C=O) groups is 1. The molecule has 22 heavy (non-hydrogen) atoms. The van der Waals surface area contributed by atoms with Gasteiger partial charge in [0.05, 0.1) is 25.5 Å². The zero-order valence-corrected chi connectivity index (χ0v) is 14.3. The standard InChI is InChI=1S/C15H18N2O3S2/c1-4-11-9(2)22-13(12(11)14(18)19-3)17-15(21)16-8-10-6-5-7-20-10/h5-7H,4,8H2,1-3H3,(H2,16,17,21). The van der Waals surface area contributed by atoms with Crippen molar-refractivity contribution in [3.63, 3.8) is 0 Å². The number of thiophene rings is 1. The Morgan fingerprint density at radius 1 is 1.50 bits per heavy atom. The molecular formula is C15H18N2O3S2. The lowest BCUT2D eigenvalue weighted by Gasteiger charge is -2.10. The number of furan rings is 1. The molecule has 2 rings (SSSR count). The van der Waals surface area contributed by atoms with Crippen molar-refractivity contribution in [2.75, 3.05) is 12.4 Å². The predicted molar refractivity (Wildman–Crippen MR) is 91.5 cm³/mol. The Morgan fingerprint density at radius 2 is 2.27 bits per heavy atom. The molecule has 0 aliphatic rings. The average molecular weight is 338 g/mol.